The molecule has 96 valence electrons. The summed E-state index contributed by atoms with van der Waals surface area (Å²) in [6.07, 6.45) is 2.43. The Hall–Kier alpha value is -1.47. The number of methoxy groups -OCH3 is 1. The molecule has 1 heterocycles. The third kappa shape index (κ3) is 4.49. The number of nitrogens with one attached hydrogen (secondary N) is 1. The molecule has 0 radical (unpaired) electrons. The molecule has 1 unspecified atom stereocenters. The van der Waals surface area contributed by atoms with Crippen molar-refractivity contribution in [2.24, 2.45) is 0 Å². The molecule has 7 heteroatoms. The summed E-state index contributed by atoms with van der Waals surface area (Å²) in [4.78, 5) is 11.1. The van der Waals surface area contributed by atoms with Gasteiger partial charge in [0.2, 0.25) is 0 Å². The van der Waals surface area contributed by atoms with Gasteiger partial charge in [-0.05, 0) is 13.3 Å². The van der Waals surface area contributed by atoms with Crippen LogP contribution in [0.4, 0.5) is 0 Å². The maximum Gasteiger partial charge on any atom is 0.322 e. The lowest BCUT2D eigenvalue weighted by Gasteiger charge is -2.09. The lowest BCUT2D eigenvalue weighted by Crippen LogP contribution is -2.34. The van der Waals surface area contributed by atoms with Crippen LogP contribution >= 0.6 is 0 Å². The first-order chi connectivity index (χ1) is 8.17. The number of aromatic nitrogens is 3. The third-order valence-electron chi connectivity index (χ3n) is 2.28. The van der Waals surface area contributed by atoms with Crippen molar-refractivity contribution in [1.82, 2.24) is 20.3 Å². The van der Waals surface area contributed by atoms with E-state index in [1.54, 1.807) is 17.8 Å². The van der Waals surface area contributed by atoms with E-state index < -0.39 is 0 Å². The Bertz CT molecular complexity index is 353. The van der Waals surface area contributed by atoms with Gasteiger partial charge in [-0.25, -0.2) is 0 Å². The number of nitrogens with zero attached hydrogens (tertiary/aromatic N) is 3. The fourth-order valence-electron chi connectivity index (χ4n) is 1.28. The van der Waals surface area contributed by atoms with Crippen molar-refractivity contribution in [2.75, 3.05) is 13.7 Å². The van der Waals surface area contributed by atoms with Gasteiger partial charge in [0.1, 0.15) is 6.04 Å². The minimum absolute atomic E-state index is 0.132. The highest BCUT2D eigenvalue weighted by molar-refractivity contribution is 5.74. The molecule has 0 saturated carbocycles. The minimum Gasteiger partial charge on any atom is -0.468 e. The molecule has 7 nitrogen and oxygen atoms in total. The zero-order valence-corrected chi connectivity index (χ0v) is 10.1. The topological polar surface area (TPSA) is 89.3 Å². The summed E-state index contributed by atoms with van der Waals surface area (Å²) < 4.78 is 6.25. The summed E-state index contributed by atoms with van der Waals surface area (Å²) in [6.45, 7) is 2.94. The van der Waals surface area contributed by atoms with Crippen molar-refractivity contribution < 1.29 is 14.6 Å². The summed E-state index contributed by atoms with van der Waals surface area (Å²) >= 11 is 0. The van der Waals surface area contributed by atoms with Gasteiger partial charge >= 0.3 is 5.97 Å². The number of aliphatic hydroxyl groups excluding tert-OH is 1. The Labute approximate surface area is 99.8 Å². The van der Waals surface area contributed by atoms with Crippen LogP contribution in [0, 0.1) is 0 Å². The average molecular weight is 242 g/mol. The van der Waals surface area contributed by atoms with E-state index in [0.29, 0.717) is 19.5 Å². The van der Waals surface area contributed by atoms with Crippen LogP contribution in [0.25, 0.3) is 0 Å². The molecular formula is C10H18N4O3. The van der Waals surface area contributed by atoms with Crippen molar-refractivity contribution in [3.8, 4) is 0 Å². The molecule has 17 heavy (non-hydrogen) atoms. The predicted molar refractivity (Wildman–Crippen MR) is 60.0 cm³/mol. The SMILES string of the molecule is COC(=O)C(C)NCc1cn(CCCO)nn1. The van der Waals surface area contributed by atoms with Crippen LogP contribution < -0.4 is 5.32 Å². The fourth-order valence-corrected chi connectivity index (χ4v) is 1.28. The molecule has 0 amide bonds. The van der Waals surface area contributed by atoms with Crippen molar-refractivity contribution in [1.29, 1.82) is 0 Å². The number of rotatable bonds is 7. The van der Waals surface area contributed by atoms with Gasteiger partial charge in [0, 0.05) is 25.9 Å². The molecule has 0 saturated heterocycles. The quantitative estimate of drug-likeness (QED) is 0.615. The normalized spacial score (nSPS) is 12.4. The van der Waals surface area contributed by atoms with Gasteiger partial charge in [0.25, 0.3) is 0 Å². The Morgan fingerprint density at radius 1 is 1.71 bits per heavy atom. The monoisotopic (exact) mass is 242 g/mol. The predicted octanol–water partition coefficient (Wildman–Crippen LogP) is -0.688. The Kier molecular flexibility index (Phi) is 5.58. The smallest absolute Gasteiger partial charge is 0.322 e. The maximum absolute atomic E-state index is 11.1. The number of hydrogen-bond donors (Lipinski definition) is 2. The largest absolute Gasteiger partial charge is 0.468 e. The van der Waals surface area contributed by atoms with E-state index in [-0.39, 0.29) is 18.6 Å². The number of carbonyl (C=O) groups excluding carboxylic acids is 1. The van der Waals surface area contributed by atoms with Gasteiger partial charge in [-0.1, -0.05) is 5.21 Å². The van der Waals surface area contributed by atoms with E-state index in [1.165, 1.54) is 7.11 Å². The molecule has 0 aliphatic rings. The summed E-state index contributed by atoms with van der Waals surface area (Å²) in [5.74, 6) is -0.308. The molecule has 1 atom stereocenters. The lowest BCUT2D eigenvalue weighted by atomic mass is 10.3. The lowest BCUT2D eigenvalue weighted by molar-refractivity contribution is -0.142. The van der Waals surface area contributed by atoms with Crippen LogP contribution in [0.5, 0.6) is 0 Å². The Balaban J connectivity index is 2.36. The molecule has 1 aromatic rings. The third-order valence-corrected chi connectivity index (χ3v) is 2.28. The molecule has 0 spiro atoms. The highest BCUT2D eigenvalue weighted by Gasteiger charge is 2.12. The standard InChI is InChI=1S/C10H18N4O3/c1-8(10(16)17-2)11-6-9-7-14(13-12-9)4-3-5-15/h7-8,11,15H,3-6H2,1-2H3. The van der Waals surface area contributed by atoms with Crippen LogP contribution in [0.2, 0.25) is 0 Å². The molecular weight excluding hydrogens is 224 g/mol. The summed E-state index contributed by atoms with van der Waals surface area (Å²) in [5, 5.41) is 19.5. The molecule has 0 aromatic carbocycles. The van der Waals surface area contributed by atoms with Crippen LogP contribution in [-0.4, -0.2) is 45.8 Å². The van der Waals surface area contributed by atoms with Crippen molar-refractivity contribution >= 4 is 5.97 Å². The molecule has 1 rings (SSSR count). The van der Waals surface area contributed by atoms with Gasteiger partial charge in [-0.15, -0.1) is 5.10 Å². The van der Waals surface area contributed by atoms with Gasteiger partial charge in [0.05, 0.1) is 12.8 Å². The molecule has 0 aliphatic carbocycles. The van der Waals surface area contributed by atoms with Gasteiger partial charge in [0.15, 0.2) is 0 Å². The van der Waals surface area contributed by atoms with Crippen LogP contribution in [-0.2, 0) is 22.6 Å². The van der Waals surface area contributed by atoms with Crippen LogP contribution in [0.1, 0.15) is 19.0 Å². The van der Waals surface area contributed by atoms with Crippen molar-refractivity contribution in [3.05, 3.63) is 11.9 Å². The number of esters is 1. The zero-order valence-electron chi connectivity index (χ0n) is 10.1. The summed E-state index contributed by atoms with van der Waals surface area (Å²) in [7, 11) is 1.35. The van der Waals surface area contributed by atoms with Gasteiger partial charge < -0.3 is 9.84 Å². The Morgan fingerprint density at radius 3 is 3.12 bits per heavy atom. The number of aliphatic hydroxyl groups is 1. The number of aryl methyl sites for hydroxylation is 1. The number of ether oxygens (including phenoxy) is 1. The van der Waals surface area contributed by atoms with E-state index in [9.17, 15) is 4.79 Å². The maximum atomic E-state index is 11.1. The van der Waals surface area contributed by atoms with Gasteiger partial charge in [-0.3, -0.25) is 14.8 Å². The highest BCUT2D eigenvalue weighted by Crippen LogP contribution is 1.96. The molecule has 0 fully saturated rings. The fraction of sp³-hybridized carbons (Fsp3) is 0.700. The van der Waals surface area contributed by atoms with Gasteiger partial charge in [-0.2, -0.15) is 0 Å². The van der Waals surface area contributed by atoms with E-state index >= 15 is 0 Å². The minimum atomic E-state index is -0.373. The molecule has 2 N–H and O–H groups in total. The summed E-state index contributed by atoms with van der Waals surface area (Å²) in [5.41, 5.74) is 0.749. The first kappa shape index (κ1) is 13.6. The van der Waals surface area contributed by atoms with E-state index in [4.69, 9.17) is 5.11 Å². The molecule has 1 aromatic heterocycles. The van der Waals surface area contributed by atoms with Crippen molar-refractivity contribution in [2.45, 2.75) is 32.5 Å². The van der Waals surface area contributed by atoms with Crippen LogP contribution in [0.15, 0.2) is 6.20 Å². The van der Waals surface area contributed by atoms with E-state index in [1.807, 2.05) is 0 Å². The van der Waals surface area contributed by atoms with Crippen LogP contribution in [0.3, 0.4) is 0 Å². The van der Waals surface area contributed by atoms with Crippen molar-refractivity contribution in [3.63, 3.8) is 0 Å². The summed E-state index contributed by atoms with van der Waals surface area (Å²) in [6, 6.07) is -0.373. The van der Waals surface area contributed by atoms with E-state index in [0.717, 1.165) is 5.69 Å². The number of carbonyl (C=O) groups is 1. The van der Waals surface area contributed by atoms with E-state index in [2.05, 4.69) is 20.4 Å². The second-order valence-electron chi connectivity index (χ2n) is 3.68. The first-order valence-corrected chi connectivity index (χ1v) is 5.48. The molecule has 0 bridgehead atoms. The molecule has 0 aliphatic heterocycles. The first-order valence-electron chi connectivity index (χ1n) is 5.48. The highest BCUT2D eigenvalue weighted by atomic mass is 16.5. The second kappa shape index (κ2) is 6.97. The zero-order chi connectivity index (χ0) is 12.7. The second-order valence-corrected chi connectivity index (χ2v) is 3.68. The number of hydrogen-bond acceptors (Lipinski definition) is 6. The Morgan fingerprint density at radius 2 is 2.47 bits per heavy atom. The average Bonchev–Trinajstić information content (AvgIpc) is 2.80.